The highest BCUT2D eigenvalue weighted by molar-refractivity contribution is 5.91. The molecular weight excluding hydrogens is 128 g/mol. The van der Waals surface area contributed by atoms with Crippen LogP contribution < -0.4 is 5.73 Å². The molecule has 3 nitrogen and oxygen atoms in total. The standard InChI is InChI=1S/C7H14N2O/c1-5(2)6(7(8)10)9(3)4/h1-4H3,(H2,8,10). The molecule has 0 fully saturated rings. The lowest BCUT2D eigenvalue weighted by atomic mass is 10.2. The number of rotatable bonds is 2. The second-order valence-electron chi connectivity index (χ2n) is 2.61. The summed E-state index contributed by atoms with van der Waals surface area (Å²) < 4.78 is 0. The Hall–Kier alpha value is -0.990. The van der Waals surface area contributed by atoms with Gasteiger partial charge in [0.15, 0.2) is 0 Å². The van der Waals surface area contributed by atoms with Gasteiger partial charge in [0, 0.05) is 14.1 Å². The highest BCUT2D eigenvalue weighted by Crippen LogP contribution is 2.03. The van der Waals surface area contributed by atoms with Crippen molar-refractivity contribution in [3.05, 3.63) is 11.3 Å². The zero-order chi connectivity index (χ0) is 8.31. The Labute approximate surface area is 61.5 Å². The van der Waals surface area contributed by atoms with Gasteiger partial charge >= 0.3 is 0 Å². The Morgan fingerprint density at radius 1 is 1.30 bits per heavy atom. The van der Waals surface area contributed by atoms with Gasteiger partial charge in [0.25, 0.3) is 5.91 Å². The Morgan fingerprint density at radius 2 is 1.70 bits per heavy atom. The molecule has 1 amide bonds. The Kier molecular flexibility index (Phi) is 2.93. The lowest BCUT2D eigenvalue weighted by molar-refractivity contribution is -0.115. The molecule has 0 unspecified atom stereocenters. The van der Waals surface area contributed by atoms with Crippen LogP contribution in [-0.2, 0) is 4.79 Å². The Morgan fingerprint density at radius 3 is 1.70 bits per heavy atom. The summed E-state index contributed by atoms with van der Waals surface area (Å²) in [6, 6.07) is 0. The summed E-state index contributed by atoms with van der Waals surface area (Å²) in [5.41, 5.74) is 6.63. The third-order valence-corrected chi connectivity index (χ3v) is 1.15. The van der Waals surface area contributed by atoms with Crippen molar-refractivity contribution >= 4 is 5.91 Å². The van der Waals surface area contributed by atoms with Gasteiger partial charge in [-0.15, -0.1) is 0 Å². The van der Waals surface area contributed by atoms with Gasteiger partial charge < -0.3 is 10.6 Å². The fourth-order valence-electron chi connectivity index (χ4n) is 0.914. The molecule has 58 valence electrons. The summed E-state index contributed by atoms with van der Waals surface area (Å²) >= 11 is 0. The third-order valence-electron chi connectivity index (χ3n) is 1.15. The van der Waals surface area contributed by atoms with Crippen molar-refractivity contribution in [3.8, 4) is 0 Å². The van der Waals surface area contributed by atoms with Gasteiger partial charge in [-0.3, -0.25) is 4.79 Å². The number of likely N-dealkylation sites (N-methyl/N-ethyl adjacent to an activating group) is 1. The number of amides is 1. The molecule has 0 saturated heterocycles. The van der Waals surface area contributed by atoms with Crippen LogP contribution >= 0.6 is 0 Å². The van der Waals surface area contributed by atoms with Gasteiger partial charge in [-0.25, -0.2) is 0 Å². The van der Waals surface area contributed by atoms with Gasteiger partial charge in [-0.05, 0) is 19.4 Å². The molecule has 0 aromatic carbocycles. The first kappa shape index (κ1) is 9.01. The van der Waals surface area contributed by atoms with Crippen LogP contribution in [0.1, 0.15) is 13.8 Å². The molecule has 0 atom stereocenters. The first-order chi connectivity index (χ1) is 4.46. The monoisotopic (exact) mass is 142 g/mol. The number of hydrogen-bond donors (Lipinski definition) is 1. The van der Waals surface area contributed by atoms with Crippen LogP contribution in [0, 0.1) is 0 Å². The molecule has 0 spiro atoms. The van der Waals surface area contributed by atoms with Gasteiger partial charge in [0.2, 0.25) is 0 Å². The molecule has 0 aromatic rings. The zero-order valence-corrected chi connectivity index (χ0v) is 6.93. The van der Waals surface area contributed by atoms with Crippen molar-refractivity contribution in [3.63, 3.8) is 0 Å². The summed E-state index contributed by atoms with van der Waals surface area (Å²) in [6.45, 7) is 3.72. The Bertz CT molecular complexity index is 166. The molecule has 0 radical (unpaired) electrons. The van der Waals surface area contributed by atoms with E-state index in [0.29, 0.717) is 5.70 Å². The smallest absolute Gasteiger partial charge is 0.264 e. The number of nitrogens with zero attached hydrogens (tertiary/aromatic N) is 1. The van der Waals surface area contributed by atoms with E-state index in [-0.39, 0.29) is 5.91 Å². The van der Waals surface area contributed by atoms with Gasteiger partial charge in [-0.2, -0.15) is 0 Å². The van der Waals surface area contributed by atoms with Crippen molar-refractivity contribution in [2.24, 2.45) is 5.73 Å². The number of carbonyl (C=O) groups excluding carboxylic acids is 1. The summed E-state index contributed by atoms with van der Waals surface area (Å²) in [5, 5.41) is 0. The van der Waals surface area contributed by atoms with Gasteiger partial charge in [0.1, 0.15) is 5.70 Å². The van der Waals surface area contributed by atoms with Crippen LogP contribution in [0.2, 0.25) is 0 Å². The Balaban J connectivity index is 4.61. The molecule has 0 aromatic heterocycles. The summed E-state index contributed by atoms with van der Waals surface area (Å²) in [6.07, 6.45) is 0. The van der Waals surface area contributed by atoms with Crippen molar-refractivity contribution in [1.82, 2.24) is 4.90 Å². The summed E-state index contributed by atoms with van der Waals surface area (Å²) in [7, 11) is 3.60. The van der Waals surface area contributed by atoms with Crippen LogP contribution in [-0.4, -0.2) is 24.9 Å². The maximum absolute atomic E-state index is 10.7. The summed E-state index contributed by atoms with van der Waals surface area (Å²) in [5.74, 6) is -0.370. The molecule has 0 aliphatic carbocycles. The number of primary amides is 1. The van der Waals surface area contributed by atoms with E-state index in [1.165, 1.54) is 0 Å². The predicted octanol–water partition coefficient (Wildman–Crippen LogP) is 0.327. The van der Waals surface area contributed by atoms with E-state index in [1.54, 1.807) is 19.0 Å². The van der Waals surface area contributed by atoms with E-state index >= 15 is 0 Å². The van der Waals surface area contributed by atoms with Gasteiger partial charge in [-0.1, -0.05) is 0 Å². The molecular formula is C7H14N2O. The van der Waals surface area contributed by atoms with Crippen molar-refractivity contribution in [2.45, 2.75) is 13.8 Å². The van der Waals surface area contributed by atoms with E-state index in [1.807, 2.05) is 13.8 Å². The van der Waals surface area contributed by atoms with Crippen LogP contribution in [0.4, 0.5) is 0 Å². The van der Waals surface area contributed by atoms with Crippen molar-refractivity contribution < 1.29 is 4.79 Å². The minimum Gasteiger partial charge on any atom is -0.373 e. The van der Waals surface area contributed by atoms with Crippen LogP contribution in [0.3, 0.4) is 0 Å². The molecule has 3 heteroatoms. The minimum atomic E-state index is -0.370. The molecule has 0 saturated carbocycles. The normalized spacial score (nSPS) is 8.80. The minimum absolute atomic E-state index is 0.370. The third kappa shape index (κ3) is 2.09. The van der Waals surface area contributed by atoms with E-state index in [0.717, 1.165) is 5.57 Å². The maximum atomic E-state index is 10.7. The summed E-state index contributed by atoms with van der Waals surface area (Å²) in [4.78, 5) is 12.4. The lowest BCUT2D eigenvalue weighted by Crippen LogP contribution is -2.26. The molecule has 2 N–H and O–H groups in total. The molecule has 0 aliphatic rings. The lowest BCUT2D eigenvalue weighted by Gasteiger charge is -2.15. The fraction of sp³-hybridized carbons (Fsp3) is 0.571. The van der Waals surface area contributed by atoms with E-state index in [2.05, 4.69) is 0 Å². The molecule has 0 heterocycles. The van der Waals surface area contributed by atoms with E-state index < -0.39 is 0 Å². The van der Waals surface area contributed by atoms with Crippen LogP contribution in [0.15, 0.2) is 11.3 Å². The fourth-order valence-corrected chi connectivity index (χ4v) is 0.914. The predicted molar refractivity (Wildman–Crippen MR) is 41.3 cm³/mol. The quantitative estimate of drug-likeness (QED) is 0.565. The van der Waals surface area contributed by atoms with Crippen LogP contribution in [0.5, 0.6) is 0 Å². The first-order valence-electron chi connectivity index (χ1n) is 3.11. The zero-order valence-electron chi connectivity index (χ0n) is 6.93. The first-order valence-corrected chi connectivity index (χ1v) is 3.11. The number of allylic oxidation sites excluding steroid dienone is 1. The van der Waals surface area contributed by atoms with E-state index in [9.17, 15) is 4.79 Å². The second kappa shape index (κ2) is 3.25. The molecule has 0 aliphatic heterocycles. The number of hydrogen-bond acceptors (Lipinski definition) is 2. The number of nitrogens with two attached hydrogens (primary N) is 1. The van der Waals surface area contributed by atoms with Crippen molar-refractivity contribution in [1.29, 1.82) is 0 Å². The highest BCUT2D eigenvalue weighted by atomic mass is 16.1. The molecule has 0 rings (SSSR count). The van der Waals surface area contributed by atoms with Crippen molar-refractivity contribution in [2.75, 3.05) is 14.1 Å². The van der Waals surface area contributed by atoms with Crippen LogP contribution in [0.25, 0.3) is 0 Å². The van der Waals surface area contributed by atoms with E-state index in [4.69, 9.17) is 5.73 Å². The molecule has 10 heavy (non-hydrogen) atoms. The highest BCUT2D eigenvalue weighted by Gasteiger charge is 2.07. The van der Waals surface area contributed by atoms with Gasteiger partial charge in [0.05, 0.1) is 0 Å². The number of carbonyl (C=O) groups is 1. The molecule has 0 bridgehead atoms. The SMILES string of the molecule is CC(C)=C(C(N)=O)N(C)C. The second-order valence-corrected chi connectivity index (χ2v) is 2.61. The average Bonchev–Trinajstić information content (AvgIpc) is 1.59. The largest absolute Gasteiger partial charge is 0.373 e. The maximum Gasteiger partial charge on any atom is 0.264 e. The average molecular weight is 142 g/mol. The topological polar surface area (TPSA) is 46.3 Å².